The minimum atomic E-state index is 1.06. The lowest BCUT2D eigenvalue weighted by Gasteiger charge is -2.18. The Morgan fingerprint density at radius 2 is 2.00 bits per heavy atom. The molecule has 14 heavy (non-hydrogen) atoms. The van der Waals surface area contributed by atoms with Crippen LogP contribution in [0, 0.1) is 0 Å². The molecule has 2 aliphatic heterocycles. The molecule has 2 aliphatic rings. The van der Waals surface area contributed by atoms with Crippen LogP contribution in [0.1, 0.15) is 5.56 Å². The van der Waals surface area contributed by atoms with Crippen molar-refractivity contribution in [3.05, 3.63) is 35.9 Å². The zero-order chi connectivity index (χ0) is 9.38. The van der Waals surface area contributed by atoms with E-state index in [1.165, 1.54) is 23.4 Å². The van der Waals surface area contributed by atoms with E-state index in [4.69, 9.17) is 0 Å². The Balaban J connectivity index is 1.92. The molecule has 2 heterocycles. The molecule has 3 rings (SSSR count). The molecule has 2 nitrogen and oxygen atoms in total. The van der Waals surface area contributed by atoms with Gasteiger partial charge in [0.15, 0.2) is 0 Å². The fourth-order valence-electron chi connectivity index (χ4n) is 2.18. The minimum absolute atomic E-state index is 1.06. The molecule has 2 heteroatoms. The third kappa shape index (κ3) is 1.18. The van der Waals surface area contributed by atoms with E-state index >= 15 is 0 Å². The largest absolute Gasteiger partial charge is 0.384 e. The number of fused-ring (bicyclic) bond motifs is 1. The molecule has 0 saturated heterocycles. The average Bonchev–Trinajstić information content (AvgIpc) is 2.88. The molecule has 0 bridgehead atoms. The van der Waals surface area contributed by atoms with Gasteiger partial charge >= 0.3 is 0 Å². The van der Waals surface area contributed by atoms with Crippen molar-refractivity contribution in [1.82, 2.24) is 0 Å². The number of anilines is 2. The van der Waals surface area contributed by atoms with Crippen molar-refractivity contribution < 1.29 is 0 Å². The van der Waals surface area contributed by atoms with Crippen LogP contribution in [0.4, 0.5) is 11.4 Å². The second-order valence-corrected chi connectivity index (χ2v) is 3.89. The van der Waals surface area contributed by atoms with Gasteiger partial charge in [0.2, 0.25) is 0 Å². The Labute approximate surface area is 84.2 Å². The number of benzene rings is 1. The predicted octanol–water partition coefficient (Wildman–Crippen LogP) is 2.03. The zero-order valence-electron chi connectivity index (χ0n) is 8.16. The Bertz CT molecular complexity index is 374. The monoisotopic (exact) mass is 186 g/mol. The van der Waals surface area contributed by atoms with Crippen molar-refractivity contribution in [3.63, 3.8) is 0 Å². The van der Waals surface area contributed by atoms with Gasteiger partial charge in [0.25, 0.3) is 0 Å². The maximum Gasteiger partial charge on any atom is 0.0376 e. The van der Waals surface area contributed by atoms with E-state index in [2.05, 4.69) is 40.6 Å². The van der Waals surface area contributed by atoms with Gasteiger partial charge in [0.1, 0.15) is 0 Å². The van der Waals surface area contributed by atoms with Crippen LogP contribution in [0.15, 0.2) is 30.4 Å². The zero-order valence-corrected chi connectivity index (χ0v) is 8.16. The molecule has 0 amide bonds. The summed E-state index contributed by atoms with van der Waals surface area (Å²) in [7, 11) is 0. The third-order valence-corrected chi connectivity index (χ3v) is 2.98. The SMILES string of the molecule is C1=CCN(c2ccc3c(c2)CCN3)C1. The summed E-state index contributed by atoms with van der Waals surface area (Å²) in [6.45, 7) is 3.22. The summed E-state index contributed by atoms with van der Waals surface area (Å²) in [6.07, 6.45) is 5.63. The lowest BCUT2D eigenvalue weighted by Crippen LogP contribution is -2.18. The van der Waals surface area contributed by atoms with Gasteiger partial charge in [0.05, 0.1) is 0 Å². The minimum Gasteiger partial charge on any atom is -0.384 e. The summed E-state index contributed by atoms with van der Waals surface area (Å²) in [6, 6.07) is 6.74. The Hall–Kier alpha value is -1.44. The Morgan fingerprint density at radius 1 is 1.14 bits per heavy atom. The first-order chi connectivity index (χ1) is 6.93. The molecule has 1 aromatic rings. The first kappa shape index (κ1) is 7.92. The number of rotatable bonds is 1. The van der Waals surface area contributed by atoms with Gasteiger partial charge in [0, 0.05) is 31.0 Å². The van der Waals surface area contributed by atoms with E-state index in [-0.39, 0.29) is 0 Å². The standard InChI is InChI=1S/C12H14N2/c1-2-8-14(7-1)11-3-4-12-10(9-11)5-6-13-12/h1-4,9,13H,5-8H2. The van der Waals surface area contributed by atoms with Crippen LogP contribution in [-0.4, -0.2) is 19.6 Å². The lowest BCUT2D eigenvalue weighted by molar-refractivity contribution is 1.00. The number of hydrogen-bond acceptors (Lipinski definition) is 2. The van der Waals surface area contributed by atoms with Gasteiger partial charge in [-0.2, -0.15) is 0 Å². The van der Waals surface area contributed by atoms with Crippen LogP contribution in [0.5, 0.6) is 0 Å². The summed E-state index contributed by atoms with van der Waals surface area (Å²) in [5.41, 5.74) is 4.15. The van der Waals surface area contributed by atoms with Gasteiger partial charge in [-0.15, -0.1) is 0 Å². The predicted molar refractivity (Wildman–Crippen MR) is 60.0 cm³/mol. The number of nitrogens with zero attached hydrogens (tertiary/aromatic N) is 1. The van der Waals surface area contributed by atoms with Crippen LogP contribution in [0.25, 0.3) is 0 Å². The number of nitrogens with one attached hydrogen (secondary N) is 1. The fraction of sp³-hybridized carbons (Fsp3) is 0.333. The topological polar surface area (TPSA) is 15.3 Å². The molecular formula is C12H14N2. The molecule has 0 fully saturated rings. The van der Waals surface area contributed by atoms with Crippen molar-refractivity contribution in [2.24, 2.45) is 0 Å². The maximum absolute atomic E-state index is 3.38. The molecule has 0 radical (unpaired) electrons. The highest BCUT2D eigenvalue weighted by atomic mass is 15.1. The molecule has 0 unspecified atom stereocenters. The quantitative estimate of drug-likeness (QED) is 0.675. The summed E-state index contributed by atoms with van der Waals surface area (Å²) < 4.78 is 0. The van der Waals surface area contributed by atoms with Crippen molar-refractivity contribution in [1.29, 1.82) is 0 Å². The van der Waals surface area contributed by atoms with Crippen molar-refractivity contribution in [2.75, 3.05) is 29.9 Å². The highest BCUT2D eigenvalue weighted by molar-refractivity contribution is 5.63. The van der Waals surface area contributed by atoms with E-state index in [0.717, 1.165) is 19.6 Å². The van der Waals surface area contributed by atoms with Gasteiger partial charge in [-0.1, -0.05) is 12.2 Å². The van der Waals surface area contributed by atoms with Crippen LogP contribution in [0.2, 0.25) is 0 Å². The van der Waals surface area contributed by atoms with Crippen LogP contribution in [-0.2, 0) is 6.42 Å². The molecule has 0 spiro atoms. The summed E-state index contributed by atoms with van der Waals surface area (Å²) in [5, 5.41) is 3.38. The van der Waals surface area contributed by atoms with Crippen molar-refractivity contribution in [2.45, 2.75) is 6.42 Å². The number of hydrogen-bond donors (Lipinski definition) is 1. The summed E-state index contributed by atoms with van der Waals surface area (Å²) in [5.74, 6) is 0. The van der Waals surface area contributed by atoms with E-state index in [1.807, 2.05) is 0 Å². The molecule has 0 saturated carbocycles. The highest BCUT2D eigenvalue weighted by Gasteiger charge is 2.13. The van der Waals surface area contributed by atoms with Gasteiger partial charge in [-0.25, -0.2) is 0 Å². The molecule has 0 aromatic heterocycles. The smallest absolute Gasteiger partial charge is 0.0376 e. The molecule has 1 N–H and O–H groups in total. The molecular weight excluding hydrogens is 172 g/mol. The molecule has 0 aliphatic carbocycles. The molecule has 72 valence electrons. The van der Waals surface area contributed by atoms with Crippen LogP contribution in [0.3, 0.4) is 0 Å². The Morgan fingerprint density at radius 3 is 2.86 bits per heavy atom. The van der Waals surface area contributed by atoms with Gasteiger partial charge in [-0.3, -0.25) is 0 Å². The molecule has 0 atom stereocenters. The van der Waals surface area contributed by atoms with Crippen LogP contribution >= 0.6 is 0 Å². The van der Waals surface area contributed by atoms with E-state index < -0.39 is 0 Å². The van der Waals surface area contributed by atoms with Gasteiger partial charge < -0.3 is 10.2 Å². The third-order valence-electron chi connectivity index (χ3n) is 2.98. The summed E-state index contributed by atoms with van der Waals surface area (Å²) >= 11 is 0. The average molecular weight is 186 g/mol. The fourth-order valence-corrected chi connectivity index (χ4v) is 2.18. The Kier molecular flexibility index (Phi) is 1.72. The van der Waals surface area contributed by atoms with E-state index in [1.54, 1.807) is 0 Å². The lowest BCUT2D eigenvalue weighted by atomic mass is 10.1. The second-order valence-electron chi connectivity index (χ2n) is 3.89. The van der Waals surface area contributed by atoms with Crippen molar-refractivity contribution >= 4 is 11.4 Å². The van der Waals surface area contributed by atoms with Crippen molar-refractivity contribution in [3.8, 4) is 0 Å². The molecule has 1 aromatic carbocycles. The highest BCUT2D eigenvalue weighted by Crippen LogP contribution is 2.27. The first-order valence-corrected chi connectivity index (χ1v) is 5.20. The van der Waals surface area contributed by atoms with Crippen LogP contribution < -0.4 is 10.2 Å². The first-order valence-electron chi connectivity index (χ1n) is 5.20. The maximum atomic E-state index is 3.38. The van der Waals surface area contributed by atoms with E-state index in [0.29, 0.717) is 0 Å². The normalized spacial score (nSPS) is 18.4. The van der Waals surface area contributed by atoms with Gasteiger partial charge in [-0.05, 0) is 30.2 Å². The second kappa shape index (κ2) is 3.05. The van der Waals surface area contributed by atoms with E-state index in [9.17, 15) is 0 Å². The summed E-state index contributed by atoms with van der Waals surface area (Å²) in [4.78, 5) is 2.39.